The zero-order valence-corrected chi connectivity index (χ0v) is 15.6. The molecule has 2 N–H and O–H groups in total. The molecule has 0 bridgehead atoms. The molecule has 2 aromatic carbocycles. The summed E-state index contributed by atoms with van der Waals surface area (Å²) in [6.07, 6.45) is 8.16. The van der Waals surface area contributed by atoms with Gasteiger partial charge in [0.25, 0.3) is 0 Å². The van der Waals surface area contributed by atoms with Crippen molar-refractivity contribution >= 4 is 27.7 Å². The number of benzene rings is 2. The minimum absolute atomic E-state index is 0.394. The summed E-state index contributed by atoms with van der Waals surface area (Å²) in [6, 6.07) is 14.3. The standard InChI is InChI=1S/C23H24N2O2/c1-2-3-4-6-16-9-10-18-21(13-16)25(14-17-11-12-27-15-17)20-8-5-7-19(22(18)20)23(24)26/h5,7-13,15H,2-4,6,14H2,1H3,(H2,24,26). The van der Waals surface area contributed by atoms with Crippen molar-refractivity contribution < 1.29 is 9.21 Å². The average Bonchev–Trinajstić information content (AvgIpc) is 3.29. The fraction of sp³-hybridized carbons (Fsp3) is 0.261. The van der Waals surface area contributed by atoms with Gasteiger partial charge < -0.3 is 14.7 Å². The summed E-state index contributed by atoms with van der Waals surface area (Å²) in [5.41, 5.74) is 10.8. The summed E-state index contributed by atoms with van der Waals surface area (Å²) < 4.78 is 7.51. The van der Waals surface area contributed by atoms with Crippen LogP contribution in [-0.4, -0.2) is 10.5 Å². The summed E-state index contributed by atoms with van der Waals surface area (Å²) in [5, 5.41) is 2.01. The number of aryl methyl sites for hydroxylation is 1. The molecule has 0 aliphatic carbocycles. The fourth-order valence-corrected chi connectivity index (χ4v) is 3.87. The Bertz CT molecular complexity index is 1090. The Morgan fingerprint density at radius 1 is 1.07 bits per heavy atom. The number of furan rings is 1. The molecule has 0 radical (unpaired) electrons. The van der Waals surface area contributed by atoms with Crippen molar-refractivity contribution in [1.29, 1.82) is 0 Å². The van der Waals surface area contributed by atoms with E-state index in [1.54, 1.807) is 12.5 Å². The molecule has 0 saturated carbocycles. The lowest BCUT2D eigenvalue weighted by Crippen LogP contribution is -2.11. The Balaban J connectivity index is 1.92. The van der Waals surface area contributed by atoms with Crippen LogP contribution in [0.25, 0.3) is 21.8 Å². The van der Waals surface area contributed by atoms with E-state index in [2.05, 4.69) is 35.8 Å². The van der Waals surface area contributed by atoms with E-state index in [9.17, 15) is 4.79 Å². The Hall–Kier alpha value is -3.01. The molecule has 4 rings (SSSR count). The highest BCUT2D eigenvalue weighted by Gasteiger charge is 2.17. The molecule has 0 spiro atoms. The van der Waals surface area contributed by atoms with Crippen LogP contribution < -0.4 is 5.73 Å². The lowest BCUT2D eigenvalue weighted by Gasteiger charge is -2.07. The molecule has 0 unspecified atom stereocenters. The van der Waals surface area contributed by atoms with Crippen LogP contribution in [-0.2, 0) is 13.0 Å². The van der Waals surface area contributed by atoms with Gasteiger partial charge in [-0.15, -0.1) is 0 Å². The molecule has 4 nitrogen and oxygen atoms in total. The van der Waals surface area contributed by atoms with Crippen molar-refractivity contribution in [3.8, 4) is 0 Å². The monoisotopic (exact) mass is 360 g/mol. The molecule has 0 aliphatic rings. The number of unbranched alkanes of at least 4 members (excludes halogenated alkanes) is 2. The first-order valence-electron chi connectivity index (χ1n) is 9.53. The molecule has 138 valence electrons. The Morgan fingerprint density at radius 3 is 2.70 bits per heavy atom. The van der Waals surface area contributed by atoms with Crippen molar-refractivity contribution in [3.05, 3.63) is 71.7 Å². The van der Waals surface area contributed by atoms with Crippen molar-refractivity contribution in [1.82, 2.24) is 4.57 Å². The SMILES string of the molecule is CCCCCc1ccc2c3c(C(N)=O)cccc3n(Cc3ccoc3)c2c1. The molecule has 0 saturated heterocycles. The quantitative estimate of drug-likeness (QED) is 0.457. The minimum Gasteiger partial charge on any atom is -0.472 e. The summed E-state index contributed by atoms with van der Waals surface area (Å²) in [7, 11) is 0. The molecule has 27 heavy (non-hydrogen) atoms. The van der Waals surface area contributed by atoms with Crippen LogP contribution in [0.4, 0.5) is 0 Å². The van der Waals surface area contributed by atoms with Gasteiger partial charge in [0.05, 0.1) is 24.6 Å². The summed E-state index contributed by atoms with van der Waals surface area (Å²) in [5.74, 6) is -0.394. The largest absolute Gasteiger partial charge is 0.472 e. The van der Waals surface area contributed by atoms with Crippen LogP contribution in [0.2, 0.25) is 0 Å². The Labute approximate surface area is 158 Å². The molecule has 0 aliphatic heterocycles. The number of hydrogen-bond donors (Lipinski definition) is 1. The molecule has 1 amide bonds. The number of amides is 1. The molecule has 2 aromatic heterocycles. The van der Waals surface area contributed by atoms with E-state index in [-0.39, 0.29) is 0 Å². The predicted molar refractivity (Wildman–Crippen MR) is 109 cm³/mol. The van der Waals surface area contributed by atoms with Crippen LogP contribution >= 0.6 is 0 Å². The molecule has 4 aromatic rings. The Morgan fingerprint density at radius 2 is 1.96 bits per heavy atom. The summed E-state index contributed by atoms with van der Waals surface area (Å²) >= 11 is 0. The fourth-order valence-electron chi connectivity index (χ4n) is 3.87. The number of fused-ring (bicyclic) bond motifs is 3. The van der Waals surface area contributed by atoms with E-state index in [1.807, 2.05) is 18.2 Å². The number of nitrogens with zero attached hydrogens (tertiary/aromatic N) is 1. The van der Waals surface area contributed by atoms with E-state index in [1.165, 1.54) is 24.8 Å². The van der Waals surface area contributed by atoms with Gasteiger partial charge in [-0.05, 0) is 42.7 Å². The topological polar surface area (TPSA) is 61.2 Å². The molecule has 0 fully saturated rings. The van der Waals surface area contributed by atoms with Crippen molar-refractivity contribution in [2.75, 3.05) is 0 Å². The molecule has 2 heterocycles. The van der Waals surface area contributed by atoms with Crippen molar-refractivity contribution in [3.63, 3.8) is 0 Å². The van der Waals surface area contributed by atoms with Crippen molar-refractivity contribution in [2.45, 2.75) is 39.2 Å². The highest BCUT2D eigenvalue weighted by atomic mass is 16.3. The zero-order chi connectivity index (χ0) is 18.8. The van der Waals surface area contributed by atoms with E-state index in [4.69, 9.17) is 10.2 Å². The summed E-state index contributed by atoms with van der Waals surface area (Å²) in [4.78, 5) is 12.0. The second-order valence-corrected chi connectivity index (χ2v) is 7.09. The van der Waals surface area contributed by atoms with Gasteiger partial charge in [-0.2, -0.15) is 0 Å². The van der Waals surface area contributed by atoms with Crippen LogP contribution in [0.15, 0.2) is 59.4 Å². The number of carbonyl (C=O) groups excluding carboxylic acids is 1. The third-order valence-corrected chi connectivity index (χ3v) is 5.21. The van der Waals surface area contributed by atoms with E-state index in [0.29, 0.717) is 12.1 Å². The lowest BCUT2D eigenvalue weighted by molar-refractivity contribution is 0.100. The molecule has 4 heteroatoms. The normalized spacial score (nSPS) is 11.4. The van der Waals surface area contributed by atoms with Crippen molar-refractivity contribution in [2.24, 2.45) is 5.73 Å². The third-order valence-electron chi connectivity index (χ3n) is 5.21. The summed E-state index contributed by atoms with van der Waals surface area (Å²) in [6.45, 7) is 2.91. The first kappa shape index (κ1) is 17.4. The van der Waals surface area contributed by atoms with Gasteiger partial charge in [0, 0.05) is 27.4 Å². The van der Waals surface area contributed by atoms with Gasteiger partial charge in [-0.1, -0.05) is 38.0 Å². The second kappa shape index (κ2) is 7.31. The maximum atomic E-state index is 12.0. The van der Waals surface area contributed by atoms with Gasteiger partial charge in [-0.25, -0.2) is 0 Å². The van der Waals surface area contributed by atoms with Gasteiger partial charge >= 0.3 is 0 Å². The van der Waals surface area contributed by atoms with Crippen LogP contribution in [0, 0.1) is 0 Å². The second-order valence-electron chi connectivity index (χ2n) is 7.09. The van der Waals surface area contributed by atoms with Gasteiger partial charge in [0.1, 0.15) is 0 Å². The smallest absolute Gasteiger partial charge is 0.249 e. The van der Waals surface area contributed by atoms with E-state index >= 15 is 0 Å². The van der Waals surface area contributed by atoms with Crippen LogP contribution in [0.1, 0.15) is 47.7 Å². The molecular weight excluding hydrogens is 336 g/mol. The van der Waals surface area contributed by atoms with E-state index < -0.39 is 5.91 Å². The maximum absolute atomic E-state index is 12.0. The number of primary amides is 1. The van der Waals surface area contributed by atoms with Gasteiger partial charge in [-0.3, -0.25) is 4.79 Å². The van der Waals surface area contributed by atoms with Crippen LogP contribution in [0.5, 0.6) is 0 Å². The molecule has 0 atom stereocenters. The number of carbonyl (C=O) groups is 1. The van der Waals surface area contributed by atoms with E-state index in [0.717, 1.165) is 33.8 Å². The molecular formula is C23H24N2O2. The van der Waals surface area contributed by atoms with Crippen LogP contribution in [0.3, 0.4) is 0 Å². The number of rotatable bonds is 7. The van der Waals surface area contributed by atoms with Gasteiger partial charge in [0.2, 0.25) is 5.91 Å². The predicted octanol–water partition coefficient (Wildman–Crippen LogP) is 5.27. The number of nitrogens with two attached hydrogens (primary N) is 1. The average molecular weight is 360 g/mol. The Kier molecular flexibility index (Phi) is 4.71. The minimum atomic E-state index is -0.394. The first-order valence-corrected chi connectivity index (χ1v) is 9.53. The maximum Gasteiger partial charge on any atom is 0.249 e. The number of hydrogen-bond acceptors (Lipinski definition) is 2. The first-order chi connectivity index (χ1) is 13.2. The third kappa shape index (κ3) is 3.23. The zero-order valence-electron chi connectivity index (χ0n) is 15.6. The van der Waals surface area contributed by atoms with Gasteiger partial charge in [0.15, 0.2) is 0 Å². The lowest BCUT2D eigenvalue weighted by atomic mass is 10.0. The highest BCUT2D eigenvalue weighted by molar-refractivity contribution is 6.17. The number of aromatic nitrogens is 1. The highest BCUT2D eigenvalue weighted by Crippen LogP contribution is 2.33.